The summed E-state index contributed by atoms with van der Waals surface area (Å²) >= 11 is 0. The van der Waals surface area contributed by atoms with Crippen LogP contribution in [0.3, 0.4) is 0 Å². The lowest BCUT2D eigenvalue weighted by Crippen LogP contribution is -2.41. The van der Waals surface area contributed by atoms with Gasteiger partial charge in [0.05, 0.1) is 36.5 Å². The molecule has 0 aromatic heterocycles. The first-order chi connectivity index (χ1) is 16.5. The second-order valence-corrected chi connectivity index (χ2v) is 9.57. The van der Waals surface area contributed by atoms with E-state index in [-0.39, 0.29) is 11.9 Å². The number of carbonyl (C=O) groups is 2. The molecule has 3 aromatic rings. The average molecular weight is 472 g/mol. The molecule has 0 radical (unpaired) electrons. The maximum absolute atomic E-state index is 11.9. The summed E-state index contributed by atoms with van der Waals surface area (Å²) in [4.78, 5) is 23.7. The number of ether oxygens (including phenoxy) is 2. The van der Waals surface area contributed by atoms with Gasteiger partial charge in [-0.3, -0.25) is 0 Å². The maximum Gasteiger partial charge on any atom is 0.494 e. The molecule has 1 heterocycles. The highest BCUT2D eigenvalue weighted by Gasteiger charge is 2.51. The van der Waals surface area contributed by atoms with Crippen molar-refractivity contribution in [3.8, 4) is 22.3 Å². The summed E-state index contributed by atoms with van der Waals surface area (Å²) in [5.74, 6) is -0.761. The van der Waals surface area contributed by atoms with Crippen molar-refractivity contribution in [1.82, 2.24) is 0 Å². The Kier molecular flexibility index (Phi) is 6.58. The van der Waals surface area contributed by atoms with E-state index in [1.165, 1.54) is 14.2 Å². The zero-order valence-corrected chi connectivity index (χ0v) is 20.9. The van der Waals surface area contributed by atoms with E-state index in [0.717, 1.165) is 27.7 Å². The molecule has 0 spiro atoms. The summed E-state index contributed by atoms with van der Waals surface area (Å²) in [5, 5.41) is 0. The lowest BCUT2D eigenvalue weighted by atomic mass is 9.76. The molecule has 0 aliphatic carbocycles. The molecule has 0 unspecified atom stereocenters. The summed E-state index contributed by atoms with van der Waals surface area (Å²) in [5.41, 5.74) is 4.66. The second kappa shape index (κ2) is 9.32. The van der Waals surface area contributed by atoms with Gasteiger partial charge in [0, 0.05) is 0 Å². The SMILES string of the molecule is COC(=O)c1ccc(-c2cc(B3OC(C)(C)C(C)(C)O3)cc(-c3ccc(C(=O)OC)cc3)c2)cc1. The molecule has 0 amide bonds. The Morgan fingerprint density at radius 1 is 0.629 bits per heavy atom. The van der Waals surface area contributed by atoms with Gasteiger partial charge in [-0.2, -0.15) is 0 Å². The van der Waals surface area contributed by atoms with Gasteiger partial charge in [0.25, 0.3) is 0 Å². The predicted octanol–water partition coefficient (Wildman–Crippen LogP) is 4.89. The zero-order chi connectivity index (χ0) is 25.4. The molecule has 0 bridgehead atoms. The molecule has 3 aromatic carbocycles. The molecule has 1 saturated heterocycles. The number of hydrogen-bond donors (Lipinski definition) is 0. The molecular formula is C28H29BO6. The van der Waals surface area contributed by atoms with Gasteiger partial charge in [-0.25, -0.2) is 9.59 Å². The number of rotatable bonds is 5. The molecule has 6 nitrogen and oxygen atoms in total. The number of methoxy groups -OCH3 is 2. The van der Waals surface area contributed by atoms with E-state index in [1.807, 2.05) is 64.1 Å². The number of benzene rings is 3. The van der Waals surface area contributed by atoms with E-state index in [0.29, 0.717) is 11.1 Å². The highest BCUT2D eigenvalue weighted by Crippen LogP contribution is 2.37. The third-order valence-electron chi connectivity index (χ3n) is 6.76. The van der Waals surface area contributed by atoms with Gasteiger partial charge >= 0.3 is 19.1 Å². The molecule has 1 aliphatic rings. The summed E-state index contributed by atoms with van der Waals surface area (Å²) < 4.78 is 22.3. The second-order valence-electron chi connectivity index (χ2n) is 9.57. The number of esters is 2. The van der Waals surface area contributed by atoms with Gasteiger partial charge < -0.3 is 18.8 Å². The quantitative estimate of drug-likeness (QED) is 0.389. The standard InChI is InChI=1S/C28H29BO6/c1-27(2)28(3,4)35-29(34-27)24-16-22(18-7-11-20(12-8-18)25(30)32-5)15-23(17-24)19-9-13-21(14-10-19)26(31)33-6/h7-17H,1-6H3. The van der Waals surface area contributed by atoms with Crippen LogP contribution in [0.5, 0.6) is 0 Å². The van der Waals surface area contributed by atoms with Gasteiger partial charge in [-0.15, -0.1) is 0 Å². The zero-order valence-electron chi connectivity index (χ0n) is 20.9. The minimum Gasteiger partial charge on any atom is -0.465 e. The van der Waals surface area contributed by atoms with Crippen molar-refractivity contribution in [2.24, 2.45) is 0 Å². The van der Waals surface area contributed by atoms with E-state index in [2.05, 4.69) is 6.07 Å². The van der Waals surface area contributed by atoms with E-state index in [4.69, 9.17) is 18.8 Å². The molecule has 0 N–H and O–H groups in total. The van der Waals surface area contributed by atoms with E-state index in [1.54, 1.807) is 24.3 Å². The monoisotopic (exact) mass is 472 g/mol. The Morgan fingerprint density at radius 3 is 1.34 bits per heavy atom. The predicted molar refractivity (Wildman–Crippen MR) is 136 cm³/mol. The van der Waals surface area contributed by atoms with E-state index >= 15 is 0 Å². The van der Waals surface area contributed by atoms with Crippen molar-refractivity contribution in [2.45, 2.75) is 38.9 Å². The van der Waals surface area contributed by atoms with Crippen LogP contribution in [0.4, 0.5) is 0 Å². The highest BCUT2D eigenvalue weighted by molar-refractivity contribution is 6.62. The Morgan fingerprint density at radius 2 is 1.00 bits per heavy atom. The van der Waals surface area contributed by atoms with E-state index in [9.17, 15) is 9.59 Å². The van der Waals surface area contributed by atoms with Crippen molar-refractivity contribution < 1.29 is 28.4 Å². The maximum atomic E-state index is 11.9. The Labute approximate surface area is 206 Å². The molecule has 1 fully saturated rings. The molecular weight excluding hydrogens is 443 g/mol. The average Bonchev–Trinajstić information content (AvgIpc) is 3.09. The van der Waals surface area contributed by atoms with Gasteiger partial charge in [-0.1, -0.05) is 36.4 Å². The summed E-state index contributed by atoms with van der Waals surface area (Å²) in [7, 11) is 2.19. The fourth-order valence-electron chi connectivity index (χ4n) is 3.93. The molecule has 1 aliphatic heterocycles. The van der Waals surface area contributed by atoms with Crippen LogP contribution in [0, 0.1) is 0 Å². The molecule has 7 heteroatoms. The van der Waals surface area contributed by atoms with Crippen molar-refractivity contribution in [3.63, 3.8) is 0 Å². The Bertz CT molecular complexity index is 1150. The van der Waals surface area contributed by atoms with Gasteiger partial charge in [0.2, 0.25) is 0 Å². The van der Waals surface area contributed by atoms with Gasteiger partial charge in [0.1, 0.15) is 0 Å². The van der Waals surface area contributed by atoms with Crippen molar-refractivity contribution in [1.29, 1.82) is 0 Å². The minimum atomic E-state index is -0.539. The fraction of sp³-hybridized carbons (Fsp3) is 0.286. The lowest BCUT2D eigenvalue weighted by Gasteiger charge is -2.32. The van der Waals surface area contributed by atoms with Crippen molar-refractivity contribution >= 4 is 24.5 Å². The Hall–Kier alpha value is -3.42. The van der Waals surface area contributed by atoms with Crippen molar-refractivity contribution in [2.75, 3.05) is 14.2 Å². The summed E-state index contributed by atoms with van der Waals surface area (Å²) in [6.07, 6.45) is 0. The summed E-state index contributed by atoms with van der Waals surface area (Å²) in [6.45, 7) is 8.09. The molecule has 180 valence electrons. The van der Waals surface area contributed by atoms with Crippen LogP contribution in [0.2, 0.25) is 0 Å². The van der Waals surface area contributed by atoms with Crippen LogP contribution < -0.4 is 5.46 Å². The van der Waals surface area contributed by atoms with Crippen molar-refractivity contribution in [3.05, 3.63) is 77.9 Å². The first-order valence-electron chi connectivity index (χ1n) is 11.4. The topological polar surface area (TPSA) is 71.1 Å². The lowest BCUT2D eigenvalue weighted by molar-refractivity contribution is 0.00578. The van der Waals surface area contributed by atoms with Crippen LogP contribution in [-0.2, 0) is 18.8 Å². The van der Waals surface area contributed by atoms with Gasteiger partial charge in [-0.05, 0) is 85.7 Å². The normalized spacial score (nSPS) is 16.1. The molecule has 35 heavy (non-hydrogen) atoms. The van der Waals surface area contributed by atoms with E-state index < -0.39 is 18.3 Å². The third-order valence-corrected chi connectivity index (χ3v) is 6.76. The number of carbonyl (C=O) groups excluding carboxylic acids is 2. The molecule has 0 saturated carbocycles. The summed E-state index contributed by atoms with van der Waals surface area (Å²) in [6, 6.07) is 20.7. The van der Waals surface area contributed by atoms with Crippen LogP contribution in [0.1, 0.15) is 48.4 Å². The first kappa shape index (κ1) is 24.7. The van der Waals surface area contributed by atoms with Crippen LogP contribution >= 0.6 is 0 Å². The minimum absolute atomic E-state index is 0.381. The third kappa shape index (κ3) is 4.88. The first-order valence-corrected chi connectivity index (χ1v) is 11.4. The van der Waals surface area contributed by atoms with Gasteiger partial charge in [0.15, 0.2) is 0 Å². The smallest absolute Gasteiger partial charge is 0.465 e. The highest BCUT2D eigenvalue weighted by atomic mass is 16.7. The molecule has 4 rings (SSSR count). The van der Waals surface area contributed by atoms with Crippen LogP contribution in [0.15, 0.2) is 66.7 Å². The largest absolute Gasteiger partial charge is 0.494 e. The molecule has 0 atom stereocenters. The number of hydrogen-bond acceptors (Lipinski definition) is 6. The van der Waals surface area contributed by atoms with Crippen LogP contribution in [-0.4, -0.2) is 44.5 Å². The Balaban J connectivity index is 1.78. The van der Waals surface area contributed by atoms with Crippen LogP contribution in [0.25, 0.3) is 22.3 Å². The fourth-order valence-corrected chi connectivity index (χ4v) is 3.93.